The van der Waals surface area contributed by atoms with Gasteiger partial charge in [0.2, 0.25) is 0 Å². The van der Waals surface area contributed by atoms with Gasteiger partial charge >= 0.3 is 137 Å². The molecule has 0 aromatic heterocycles. The van der Waals surface area contributed by atoms with Crippen molar-refractivity contribution in [1.82, 2.24) is 0 Å². The van der Waals surface area contributed by atoms with Crippen molar-refractivity contribution in [2.24, 2.45) is 0 Å². The average Bonchev–Trinajstić information content (AvgIpc) is 2.48. The van der Waals surface area contributed by atoms with Crippen molar-refractivity contribution < 1.29 is 0 Å². The van der Waals surface area contributed by atoms with Gasteiger partial charge in [0.1, 0.15) is 0 Å². The van der Waals surface area contributed by atoms with Gasteiger partial charge in [0, 0.05) is 0 Å². The van der Waals surface area contributed by atoms with Gasteiger partial charge in [-0.1, -0.05) is 0 Å². The van der Waals surface area contributed by atoms with Crippen LogP contribution in [0, 0.1) is 0 Å². The van der Waals surface area contributed by atoms with Crippen LogP contribution in [-0.2, 0) is 0 Å². The maximum atomic E-state index is 5.99. The van der Waals surface area contributed by atoms with Crippen LogP contribution in [-0.4, -0.2) is 20.9 Å². The Bertz CT molecular complexity index is 543. The van der Waals surface area contributed by atoms with Gasteiger partial charge in [-0.3, -0.25) is 0 Å². The van der Waals surface area contributed by atoms with Gasteiger partial charge in [0.25, 0.3) is 0 Å². The van der Waals surface area contributed by atoms with Crippen LogP contribution in [0.25, 0.3) is 3.62 Å². The molecular weight excluding hydrogens is 379 g/mol. The third-order valence-electron chi connectivity index (χ3n) is 2.99. The van der Waals surface area contributed by atoms with Crippen LogP contribution in [0.5, 0.6) is 0 Å². The van der Waals surface area contributed by atoms with Crippen LogP contribution in [0.3, 0.4) is 0 Å². The van der Waals surface area contributed by atoms with E-state index in [1.54, 1.807) is 0 Å². The van der Waals surface area contributed by atoms with Gasteiger partial charge in [-0.25, -0.2) is 0 Å². The van der Waals surface area contributed by atoms with E-state index in [1.807, 2.05) is 12.1 Å². The first-order valence-electron chi connectivity index (χ1n) is 6.98. The van der Waals surface area contributed by atoms with E-state index in [-0.39, 0.29) is 20.9 Å². The summed E-state index contributed by atoms with van der Waals surface area (Å²) < 4.78 is 3.00. The molecule has 0 heterocycles. The second-order valence-corrected chi connectivity index (χ2v) is 8.25. The van der Waals surface area contributed by atoms with Crippen LogP contribution in [0.4, 0.5) is 0 Å². The first-order chi connectivity index (χ1) is 9.79. The number of unbranched alkanes of at least 4 members (excludes halogenated alkanes) is 2. The first kappa shape index (κ1) is 15.6. The summed E-state index contributed by atoms with van der Waals surface area (Å²) in [7, 11) is 0. The zero-order valence-corrected chi connectivity index (χ0v) is 14.8. The number of benzene rings is 2. The molecular formula is C18H19ClTe. The molecule has 104 valence electrons. The molecule has 0 saturated carbocycles. The molecule has 0 aliphatic carbocycles. The van der Waals surface area contributed by atoms with E-state index in [1.165, 1.54) is 32.1 Å². The Kier molecular flexibility index (Phi) is 6.67. The quantitative estimate of drug-likeness (QED) is 0.480. The zero-order valence-electron chi connectivity index (χ0n) is 11.7. The molecule has 2 heteroatoms. The van der Waals surface area contributed by atoms with Gasteiger partial charge < -0.3 is 0 Å². The second kappa shape index (κ2) is 8.53. The standard InChI is InChI=1S/C18H19ClTe/c1-2-3-5-10-18(15-11-13-16(19)14-12-15)20-17-8-6-4-7-9-17/h4,6-14H,2-3,5H2,1H3/b18-10+. The van der Waals surface area contributed by atoms with E-state index in [0.717, 1.165) is 5.02 Å². The molecule has 20 heavy (non-hydrogen) atoms. The number of allylic oxidation sites excluding steroid dienone is 1. The number of halogens is 1. The summed E-state index contributed by atoms with van der Waals surface area (Å²) >= 11 is 5.67. The monoisotopic (exact) mass is 400 g/mol. The van der Waals surface area contributed by atoms with Crippen molar-refractivity contribution >= 4 is 39.8 Å². The molecule has 2 aromatic rings. The number of hydrogen-bond acceptors (Lipinski definition) is 0. The second-order valence-electron chi connectivity index (χ2n) is 4.63. The summed E-state index contributed by atoms with van der Waals surface area (Å²) in [5, 5.41) is 0.807. The molecule has 0 N–H and O–H groups in total. The summed E-state index contributed by atoms with van der Waals surface area (Å²) in [6.45, 7) is 2.24. The molecule has 0 unspecified atom stereocenters. The maximum absolute atomic E-state index is 5.99. The van der Waals surface area contributed by atoms with Crippen molar-refractivity contribution in [2.45, 2.75) is 26.2 Å². The van der Waals surface area contributed by atoms with E-state index in [2.05, 4.69) is 55.5 Å². The molecule has 0 aliphatic rings. The van der Waals surface area contributed by atoms with Crippen LogP contribution in [0.15, 0.2) is 60.7 Å². The molecule has 0 atom stereocenters. The van der Waals surface area contributed by atoms with Crippen LogP contribution in [0.1, 0.15) is 31.7 Å². The van der Waals surface area contributed by atoms with E-state index in [4.69, 9.17) is 11.6 Å². The van der Waals surface area contributed by atoms with E-state index in [0.29, 0.717) is 0 Å². The van der Waals surface area contributed by atoms with E-state index in [9.17, 15) is 0 Å². The minimum absolute atomic E-state index is 0.329. The third-order valence-corrected chi connectivity index (χ3v) is 6.46. The normalized spacial score (nSPS) is 11.6. The summed E-state index contributed by atoms with van der Waals surface area (Å²) in [5.41, 5.74) is 1.33. The Balaban J connectivity index is 2.20. The van der Waals surface area contributed by atoms with Crippen LogP contribution < -0.4 is 3.61 Å². The average molecular weight is 398 g/mol. The predicted octanol–water partition coefficient (Wildman–Crippen LogP) is 4.90. The summed E-state index contributed by atoms with van der Waals surface area (Å²) in [6, 6.07) is 19.1. The molecule has 0 spiro atoms. The van der Waals surface area contributed by atoms with Crippen molar-refractivity contribution in [1.29, 1.82) is 0 Å². The van der Waals surface area contributed by atoms with Crippen molar-refractivity contribution in [3.05, 3.63) is 71.3 Å². The van der Waals surface area contributed by atoms with Crippen molar-refractivity contribution in [3.8, 4) is 0 Å². The van der Waals surface area contributed by atoms with Crippen molar-refractivity contribution in [2.75, 3.05) is 0 Å². The van der Waals surface area contributed by atoms with Gasteiger partial charge in [0.05, 0.1) is 0 Å². The predicted molar refractivity (Wildman–Crippen MR) is 90.8 cm³/mol. The molecule has 2 aromatic carbocycles. The summed E-state index contributed by atoms with van der Waals surface area (Å²) in [5.74, 6) is 0. The molecule has 0 aliphatic heterocycles. The molecule has 0 bridgehead atoms. The zero-order chi connectivity index (χ0) is 14.2. The fourth-order valence-corrected chi connectivity index (χ4v) is 4.87. The van der Waals surface area contributed by atoms with E-state index < -0.39 is 0 Å². The molecule has 0 nitrogen and oxygen atoms in total. The molecule has 0 radical (unpaired) electrons. The van der Waals surface area contributed by atoms with Gasteiger partial charge in [0.15, 0.2) is 0 Å². The molecule has 0 amide bonds. The summed E-state index contributed by atoms with van der Waals surface area (Å²) in [6.07, 6.45) is 6.11. The molecule has 2 rings (SSSR count). The first-order valence-corrected chi connectivity index (χ1v) is 9.69. The minimum atomic E-state index is -0.329. The third kappa shape index (κ3) is 4.98. The van der Waals surface area contributed by atoms with Gasteiger partial charge in [-0.15, -0.1) is 0 Å². The Labute approximate surface area is 136 Å². The Morgan fingerprint density at radius 3 is 2.40 bits per heavy atom. The van der Waals surface area contributed by atoms with Crippen LogP contribution >= 0.6 is 11.6 Å². The van der Waals surface area contributed by atoms with E-state index >= 15 is 0 Å². The van der Waals surface area contributed by atoms with Crippen LogP contribution in [0.2, 0.25) is 5.02 Å². The summed E-state index contributed by atoms with van der Waals surface area (Å²) in [4.78, 5) is 0. The fourth-order valence-electron chi connectivity index (χ4n) is 1.89. The number of hydrogen-bond donors (Lipinski definition) is 0. The van der Waals surface area contributed by atoms with Gasteiger partial charge in [-0.2, -0.15) is 0 Å². The topological polar surface area (TPSA) is 0 Å². The number of rotatable bonds is 6. The molecule has 0 fully saturated rings. The Morgan fingerprint density at radius 1 is 1.05 bits per heavy atom. The fraction of sp³-hybridized carbons (Fsp3) is 0.222. The van der Waals surface area contributed by atoms with Gasteiger partial charge in [-0.05, 0) is 0 Å². The molecule has 0 saturated heterocycles. The Morgan fingerprint density at radius 2 is 1.75 bits per heavy atom. The SMILES string of the molecule is CCCC/C=C(/[Te]c1ccccc1)c1ccc(Cl)cc1. The van der Waals surface area contributed by atoms with Crippen molar-refractivity contribution in [3.63, 3.8) is 0 Å². The Hall–Kier alpha value is -0.740.